The largest absolute Gasteiger partial charge is 0.457 e. The minimum Gasteiger partial charge on any atom is -0.457 e. The van der Waals surface area contributed by atoms with E-state index in [-0.39, 0.29) is 0 Å². The first-order valence-electron chi connectivity index (χ1n) is 18.0. The Morgan fingerprint density at radius 3 is 1.63 bits per heavy atom. The molecule has 2 aromatic heterocycles. The topological polar surface area (TPSA) is 73.7 Å². The summed E-state index contributed by atoms with van der Waals surface area (Å²) in [4.78, 5) is 25.6. The van der Waals surface area contributed by atoms with E-state index in [4.69, 9.17) is 29.7 Å². The van der Waals surface area contributed by atoms with Crippen molar-refractivity contribution in [2.45, 2.75) is 5.41 Å². The minimum atomic E-state index is -0.786. The number of aromatic nitrogens is 5. The monoisotopic (exact) mass is 691 g/mol. The van der Waals surface area contributed by atoms with Gasteiger partial charge in [0.05, 0.1) is 10.9 Å². The van der Waals surface area contributed by atoms with Crippen LogP contribution in [-0.4, -0.2) is 24.9 Å². The van der Waals surface area contributed by atoms with Gasteiger partial charge in [-0.2, -0.15) is 0 Å². The second kappa shape index (κ2) is 11.9. The van der Waals surface area contributed by atoms with Gasteiger partial charge in [-0.25, -0.2) is 24.9 Å². The summed E-state index contributed by atoms with van der Waals surface area (Å²) in [6, 6.07) is 58.1. The number of hydrogen-bond acceptors (Lipinski definition) is 6. The number of nitrogens with zero attached hydrogens (tertiary/aromatic N) is 5. The number of fused-ring (bicyclic) bond motifs is 10. The van der Waals surface area contributed by atoms with Crippen LogP contribution in [0.1, 0.15) is 22.3 Å². The highest BCUT2D eigenvalue weighted by Crippen LogP contribution is 2.64. The molecule has 0 unspecified atom stereocenters. The third kappa shape index (κ3) is 4.43. The lowest BCUT2D eigenvalue weighted by atomic mass is 9.65. The van der Waals surface area contributed by atoms with Crippen molar-refractivity contribution in [2.75, 3.05) is 0 Å². The molecule has 54 heavy (non-hydrogen) atoms. The van der Waals surface area contributed by atoms with E-state index in [1.807, 2.05) is 103 Å². The van der Waals surface area contributed by atoms with Gasteiger partial charge in [-0.1, -0.05) is 152 Å². The van der Waals surface area contributed by atoms with E-state index < -0.39 is 5.41 Å². The molecule has 1 aliphatic heterocycles. The fourth-order valence-corrected chi connectivity index (χ4v) is 8.41. The van der Waals surface area contributed by atoms with E-state index in [1.54, 1.807) is 0 Å². The fraction of sp³-hybridized carbons (Fsp3) is 0.0208. The summed E-state index contributed by atoms with van der Waals surface area (Å²) in [6.45, 7) is 0. The van der Waals surface area contributed by atoms with E-state index in [0.29, 0.717) is 23.3 Å². The summed E-state index contributed by atoms with van der Waals surface area (Å²) >= 11 is 0. The van der Waals surface area contributed by atoms with Gasteiger partial charge in [-0.3, -0.25) is 0 Å². The second-order valence-corrected chi connectivity index (χ2v) is 13.6. The maximum atomic E-state index is 6.69. The summed E-state index contributed by atoms with van der Waals surface area (Å²) in [5.74, 6) is 4.10. The Hall–Kier alpha value is -7.31. The predicted octanol–water partition coefficient (Wildman–Crippen LogP) is 11.0. The van der Waals surface area contributed by atoms with Gasteiger partial charge >= 0.3 is 0 Å². The Balaban J connectivity index is 1.27. The van der Waals surface area contributed by atoms with E-state index in [0.717, 1.165) is 78.0 Å². The van der Waals surface area contributed by atoms with Crippen molar-refractivity contribution in [1.29, 1.82) is 0 Å². The van der Waals surface area contributed by atoms with Crippen LogP contribution >= 0.6 is 0 Å². The number of hydrogen-bond donors (Lipinski definition) is 0. The van der Waals surface area contributed by atoms with Gasteiger partial charge in [0.25, 0.3) is 0 Å². The zero-order valence-electron chi connectivity index (χ0n) is 28.9. The lowest BCUT2D eigenvalue weighted by molar-refractivity contribution is 0.436. The van der Waals surface area contributed by atoms with Gasteiger partial charge in [0, 0.05) is 45.0 Å². The molecule has 0 N–H and O–H groups in total. The maximum absolute atomic E-state index is 6.69. The van der Waals surface area contributed by atoms with Gasteiger partial charge in [0.15, 0.2) is 23.3 Å². The molecular weight excluding hydrogens is 663 g/mol. The summed E-state index contributed by atoms with van der Waals surface area (Å²) in [7, 11) is 0. The summed E-state index contributed by atoms with van der Waals surface area (Å²) in [5, 5.41) is 0.999. The summed E-state index contributed by atoms with van der Waals surface area (Å²) < 4.78 is 6.69. The number of benzene rings is 7. The lowest BCUT2D eigenvalue weighted by Crippen LogP contribution is -2.32. The van der Waals surface area contributed by atoms with Crippen LogP contribution in [0.3, 0.4) is 0 Å². The van der Waals surface area contributed by atoms with Crippen molar-refractivity contribution in [1.82, 2.24) is 24.9 Å². The molecule has 0 saturated carbocycles. The Bertz CT molecular complexity index is 2820. The van der Waals surface area contributed by atoms with Gasteiger partial charge in [0.2, 0.25) is 0 Å². The summed E-state index contributed by atoms with van der Waals surface area (Å²) in [5.41, 5.74) is 10.3. The molecule has 2 aliphatic rings. The predicted molar refractivity (Wildman–Crippen MR) is 212 cm³/mol. The van der Waals surface area contributed by atoms with E-state index in [9.17, 15) is 0 Å². The molecule has 0 radical (unpaired) electrons. The molecule has 0 fully saturated rings. The van der Waals surface area contributed by atoms with Crippen LogP contribution in [0.5, 0.6) is 11.5 Å². The highest BCUT2D eigenvalue weighted by atomic mass is 16.5. The van der Waals surface area contributed by atoms with Crippen molar-refractivity contribution >= 4 is 10.9 Å². The van der Waals surface area contributed by atoms with Crippen LogP contribution in [-0.2, 0) is 5.41 Å². The third-order valence-corrected chi connectivity index (χ3v) is 10.6. The molecule has 0 saturated heterocycles. The minimum absolute atomic E-state index is 0.594. The van der Waals surface area contributed by atoms with Gasteiger partial charge in [0.1, 0.15) is 11.5 Å². The molecule has 9 aromatic rings. The zero-order chi connectivity index (χ0) is 35.6. The number of rotatable bonds is 4. The standard InChI is InChI=1S/C48H29N5O/c1-3-15-30(16-4-1)44-51-45(31-17-5-2-6-18-31)53-47(52-44)35-22-13-20-33-42-34(46-49-29-32-19-7-10-26-39(32)50-46)21-14-25-38(42)48(43(33)35)36-23-8-11-27-40(36)54-41-28-12-9-24-37(41)48/h1-29H. The molecule has 7 aromatic carbocycles. The van der Waals surface area contributed by atoms with Crippen LogP contribution in [0.25, 0.3) is 67.6 Å². The van der Waals surface area contributed by atoms with E-state index in [2.05, 4.69) is 72.8 Å². The first-order chi connectivity index (χ1) is 26.8. The lowest BCUT2D eigenvalue weighted by Gasteiger charge is -2.40. The van der Waals surface area contributed by atoms with Crippen molar-refractivity contribution in [3.8, 4) is 68.2 Å². The molecule has 3 heterocycles. The van der Waals surface area contributed by atoms with E-state index in [1.165, 1.54) is 0 Å². The Morgan fingerprint density at radius 1 is 0.389 bits per heavy atom. The van der Waals surface area contributed by atoms with Gasteiger partial charge < -0.3 is 4.74 Å². The van der Waals surface area contributed by atoms with Crippen molar-refractivity contribution in [2.24, 2.45) is 0 Å². The van der Waals surface area contributed by atoms with Crippen LogP contribution in [0, 0.1) is 0 Å². The molecule has 1 spiro atoms. The van der Waals surface area contributed by atoms with Crippen LogP contribution < -0.4 is 4.74 Å². The van der Waals surface area contributed by atoms with Crippen LogP contribution in [0.4, 0.5) is 0 Å². The fourth-order valence-electron chi connectivity index (χ4n) is 8.41. The Morgan fingerprint density at radius 2 is 0.926 bits per heavy atom. The number of para-hydroxylation sites is 3. The first-order valence-corrected chi connectivity index (χ1v) is 18.0. The van der Waals surface area contributed by atoms with Gasteiger partial charge in [-0.15, -0.1) is 0 Å². The van der Waals surface area contributed by atoms with Crippen molar-refractivity contribution < 1.29 is 4.74 Å². The molecular formula is C48H29N5O. The average Bonchev–Trinajstić information content (AvgIpc) is 3.55. The Labute approximate surface area is 311 Å². The van der Waals surface area contributed by atoms with Crippen molar-refractivity contribution in [3.05, 3.63) is 198 Å². The highest BCUT2D eigenvalue weighted by Gasteiger charge is 2.53. The first kappa shape index (κ1) is 30.3. The van der Waals surface area contributed by atoms with E-state index >= 15 is 0 Å². The molecule has 252 valence electrons. The highest BCUT2D eigenvalue weighted by molar-refractivity contribution is 5.99. The number of ether oxygens (including phenoxy) is 1. The quantitative estimate of drug-likeness (QED) is 0.183. The smallest absolute Gasteiger partial charge is 0.164 e. The van der Waals surface area contributed by atoms with Crippen LogP contribution in [0.2, 0.25) is 0 Å². The van der Waals surface area contributed by atoms with Crippen LogP contribution in [0.15, 0.2) is 176 Å². The summed E-state index contributed by atoms with van der Waals surface area (Å²) in [6.07, 6.45) is 1.92. The SMILES string of the molecule is c1ccc(-c2nc(-c3ccccc3)nc(-c3cccc4c3C3(c5ccccc5Oc5ccccc53)c3cccc(-c5ncc6ccccc6n5)c3-4)n2)cc1. The second-order valence-electron chi connectivity index (χ2n) is 13.6. The normalized spacial score (nSPS) is 13.1. The molecule has 0 atom stereocenters. The van der Waals surface area contributed by atoms with Gasteiger partial charge in [-0.05, 0) is 40.5 Å². The molecule has 1 aliphatic carbocycles. The van der Waals surface area contributed by atoms with Crippen molar-refractivity contribution in [3.63, 3.8) is 0 Å². The molecule has 0 bridgehead atoms. The zero-order valence-corrected chi connectivity index (χ0v) is 28.9. The third-order valence-electron chi connectivity index (χ3n) is 10.6. The average molecular weight is 692 g/mol. The molecule has 0 amide bonds. The maximum Gasteiger partial charge on any atom is 0.164 e. The molecule has 11 rings (SSSR count). The molecule has 6 nitrogen and oxygen atoms in total. The Kier molecular flexibility index (Phi) is 6.67. The molecule has 6 heteroatoms.